The first kappa shape index (κ1) is 15.2. The van der Waals surface area contributed by atoms with E-state index in [1.807, 2.05) is 45.2 Å². The Morgan fingerprint density at radius 1 is 1.44 bits per heavy atom. The summed E-state index contributed by atoms with van der Waals surface area (Å²) >= 11 is 3.50. The molecule has 1 aromatic rings. The zero-order valence-electron chi connectivity index (χ0n) is 11.2. The normalized spacial score (nSPS) is 14.1. The molecule has 18 heavy (non-hydrogen) atoms. The topological polar surface area (TPSA) is 46.3 Å². The molecule has 4 heteroatoms. The smallest absolute Gasteiger partial charge is 0.229 e. The third kappa shape index (κ3) is 3.33. The molecule has 1 rings (SSSR count). The lowest BCUT2D eigenvalue weighted by atomic mass is 9.86. The fraction of sp³-hybridized carbons (Fsp3) is 0.500. The van der Waals surface area contributed by atoms with Gasteiger partial charge in [-0.1, -0.05) is 41.1 Å². The monoisotopic (exact) mass is 312 g/mol. The molecule has 0 radical (unpaired) electrons. The minimum atomic E-state index is -0.462. The molecule has 2 N–H and O–H groups in total. The summed E-state index contributed by atoms with van der Waals surface area (Å²) in [7, 11) is 1.82. The van der Waals surface area contributed by atoms with E-state index >= 15 is 0 Å². The number of halogens is 1. The Labute approximate surface area is 117 Å². The van der Waals surface area contributed by atoms with Crippen molar-refractivity contribution in [3.05, 3.63) is 34.3 Å². The van der Waals surface area contributed by atoms with Gasteiger partial charge in [0.05, 0.1) is 5.41 Å². The summed E-state index contributed by atoms with van der Waals surface area (Å²) in [6, 6.07) is 7.93. The zero-order valence-corrected chi connectivity index (χ0v) is 12.8. The van der Waals surface area contributed by atoms with Gasteiger partial charge in [-0.2, -0.15) is 0 Å². The van der Waals surface area contributed by atoms with Gasteiger partial charge in [0, 0.05) is 24.6 Å². The third-order valence-electron chi connectivity index (χ3n) is 3.46. The Kier molecular flexibility index (Phi) is 5.35. The van der Waals surface area contributed by atoms with E-state index in [0.717, 1.165) is 16.5 Å². The van der Waals surface area contributed by atoms with Crippen molar-refractivity contribution in [3.63, 3.8) is 0 Å². The maximum absolute atomic E-state index is 12.4. The number of amides is 1. The number of carbonyl (C=O) groups is 1. The molecule has 1 amide bonds. The van der Waals surface area contributed by atoms with Gasteiger partial charge in [0.25, 0.3) is 0 Å². The van der Waals surface area contributed by atoms with Crippen LogP contribution in [0.4, 0.5) is 0 Å². The van der Waals surface area contributed by atoms with E-state index in [1.54, 1.807) is 4.90 Å². The third-order valence-corrected chi connectivity index (χ3v) is 4.23. The number of hydrogen-bond acceptors (Lipinski definition) is 2. The number of nitrogens with zero attached hydrogens (tertiary/aromatic N) is 1. The van der Waals surface area contributed by atoms with Gasteiger partial charge in [0.1, 0.15) is 0 Å². The summed E-state index contributed by atoms with van der Waals surface area (Å²) in [6.07, 6.45) is 0.753. The highest BCUT2D eigenvalue weighted by Crippen LogP contribution is 2.24. The Morgan fingerprint density at radius 2 is 2.06 bits per heavy atom. The van der Waals surface area contributed by atoms with E-state index in [4.69, 9.17) is 5.73 Å². The van der Waals surface area contributed by atoms with Crippen LogP contribution in [0.2, 0.25) is 0 Å². The summed E-state index contributed by atoms with van der Waals surface area (Å²) in [6.45, 7) is 4.89. The summed E-state index contributed by atoms with van der Waals surface area (Å²) in [5, 5.41) is 0. The molecule has 0 spiro atoms. The van der Waals surface area contributed by atoms with Crippen molar-refractivity contribution in [1.29, 1.82) is 0 Å². The van der Waals surface area contributed by atoms with Gasteiger partial charge < -0.3 is 10.6 Å². The molecular weight excluding hydrogens is 292 g/mol. The van der Waals surface area contributed by atoms with Gasteiger partial charge >= 0.3 is 0 Å². The van der Waals surface area contributed by atoms with Crippen LogP contribution >= 0.6 is 15.9 Å². The van der Waals surface area contributed by atoms with Crippen LogP contribution in [-0.4, -0.2) is 24.4 Å². The van der Waals surface area contributed by atoms with Crippen LogP contribution in [0.15, 0.2) is 28.7 Å². The second-order valence-electron chi connectivity index (χ2n) is 4.87. The molecule has 1 atom stereocenters. The highest BCUT2D eigenvalue weighted by atomic mass is 79.9. The molecule has 0 bridgehead atoms. The van der Waals surface area contributed by atoms with Gasteiger partial charge in [-0.3, -0.25) is 4.79 Å². The fourth-order valence-corrected chi connectivity index (χ4v) is 2.21. The molecule has 1 unspecified atom stereocenters. The summed E-state index contributed by atoms with van der Waals surface area (Å²) in [5.74, 6) is 0.100. The number of hydrogen-bond donors (Lipinski definition) is 1. The van der Waals surface area contributed by atoms with Crippen molar-refractivity contribution >= 4 is 21.8 Å². The van der Waals surface area contributed by atoms with Crippen LogP contribution < -0.4 is 5.73 Å². The second kappa shape index (κ2) is 6.34. The number of benzene rings is 1. The molecular formula is C14H21BrN2O. The molecule has 0 heterocycles. The highest BCUT2D eigenvalue weighted by molar-refractivity contribution is 9.10. The largest absolute Gasteiger partial charge is 0.341 e. The average Bonchev–Trinajstić information content (AvgIpc) is 2.39. The van der Waals surface area contributed by atoms with Crippen molar-refractivity contribution in [1.82, 2.24) is 4.90 Å². The Hall–Kier alpha value is -0.870. The van der Waals surface area contributed by atoms with Crippen LogP contribution in [0.25, 0.3) is 0 Å². The SMILES string of the molecule is CCC(C)(CN)C(=O)N(C)Cc1ccccc1Br. The lowest BCUT2D eigenvalue weighted by Gasteiger charge is -2.30. The standard InChI is InChI=1S/C14H21BrN2O/c1-4-14(2,10-16)13(18)17(3)9-11-7-5-6-8-12(11)15/h5-8H,4,9-10,16H2,1-3H3. The van der Waals surface area contributed by atoms with Crippen LogP contribution in [0.5, 0.6) is 0 Å². The number of rotatable bonds is 5. The van der Waals surface area contributed by atoms with Crippen molar-refractivity contribution in [2.45, 2.75) is 26.8 Å². The quantitative estimate of drug-likeness (QED) is 0.908. The van der Waals surface area contributed by atoms with Crippen molar-refractivity contribution in [2.75, 3.05) is 13.6 Å². The minimum Gasteiger partial charge on any atom is -0.341 e. The first-order valence-corrected chi connectivity index (χ1v) is 6.93. The number of nitrogens with two attached hydrogens (primary N) is 1. The summed E-state index contributed by atoms with van der Waals surface area (Å²) < 4.78 is 1.02. The van der Waals surface area contributed by atoms with Crippen LogP contribution in [0.3, 0.4) is 0 Å². The highest BCUT2D eigenvalue weighted by Gasteiger charge is 2.32. The van der Waals surface area contributed by atoms with Crippen molar-refractivity contribution in [3.8, 4) is 0 Å². The lowest BCUT2D eigenvalue weighted by Crippen LogP contribution is -2.44. The van der Waals surface area contributed by atoms with Crippen LogP contribution in [-0.2, 0) is 11.3 Å². The fourth-order valence-electron chi connectivity index (χ4n) is 1.80. The van der Waals surface area contributed by atoms with Crippen LogP contribution in [0, 0.1) is 5.41 Å². The van der Waals surface area contributed by atoms with E-state index in [0.29, 0.717) is 13.1 Å². The lowest BCUT2D eigenvalue weighted by molar-refractivity contribution is -0.140. The van der Waals surface area contributed by atoms with E-state index in [9.17, 15) is 4.79 Å². The van der Waals surface area contributed by atoms with Gasteiger partial charge in [-0.05, 0) is 25.0 Å². The predicted octanol–water partition coefficient (Wildman–Crippen LogP) is 2.78. The summed E-state index contributed by atoms with van der Waals surface area (Å²) in [4.78, 5) is 14.1. The first-order chi connectivity index (χ1) is 8.44. The minimum absolute atomic E-state index is 0.100. The zero-order chi connectivity index (χ0) is 13.8. The molecule has 3 nitrogen and oxygen atoms in total. The molecule has 0 aliphatic heterocycles. The van der Waals surface area contributed by atoms with E-state index < -0.39 is 5.41 Å². The Morgan fingerprint density at radius 3 is 2.56 bits per heavy atom. The Bertz CT molecular complexity index is 416. The van der Waals surface area contributed by atoms with Crippen molar-refractivity contribution in [2.24, 2.45) is 11.1 Å². The molecule has 0 aliphatic carbocycles. The molecule has 100 valence electrons. The molecule has 0 saturated carbocycles. The van der Waals surface area contributed by atoms with E-state index in [-0.39, 0.29) is 5.91 Å². The predicted molar refractivity (Wildman–Crippen MR) is 78.1 cm³/mol. The van der Waals surface area contributed by atoms with Crippen LogP contribution in [0.1, 0.15) is 25.8 Å². The molecule has 0 aromatic heterocycles. The second-order valence-corrected chi connectivity index (χ2v) is 5.73. The van der Waals surface area contributed by atoms with E-state index in [1.165, 1.54) is 0 Å². The van der Waals surface area contributed by atoms with Crippen molar-refractivity contribution < 1.29 is 4.79 Å². The maximum atomic E-state index is 12.4. The maximum Gasteiger partial charge on any atom is 0.229 e. The molecule has 0 saturated heterocycles. The number of carbonyl (C=O) groups excluding carboxylic acids is 1. The van der Waals surface area contributed by atoms with Gasteiger partial charge in [-0.15, -0.1) is 0 Å². The van der Waals surface area contributed by atoms with Gasteiger partial charge in [0.15, 0.2) is 0 Å². The van der Waals surface area contributed by atoms with Gasteiger partial charge in [-0.25, -0.2) is 0 Å². The molecule has 1 aromatic carbocycles. The van der Waals surface area contributed by atoms with Gasteiger partial charge in [0.2, 0.25) is 5.91 Å². The average molecular weight is 313 g/mol. The summed E-state index contributed by atoms with van der Waals surface area (Å²) in [5.41, 5.74) is 6.36. The Balaban J connectivity index is 2.80. The molecule has 0 fully saturated rings. The molecule has 0 aliphatic rings. The van der Waals surface area contributed by atoms with E-state index in [2.05, 4.69) is 15.9 Å². The first-order valence-electron chi connectivity index (χ1n) is 6.13.